The van der Waals surface area contributed by atoms with Crippen LogP contribution in [0.15, 0.2) is 42.5 Å². The number of carbonyl (C=O) groups excluding carboxylic acids is 2. The van der Waals surface area contributed by atoms with E-state index in [4.69, 9.17) is 0 Å². The van der Waals surface area contributed by atoms with Crippen LogP contribution in [0.3, 0.4) is 0 Å². The zero-order chi connectivity index (χ0) is 27.9. The van der Waals surface area contributed by atoms with E-state index in [0.29, 0.717) is 25.1 Å². The number of carbonyl (C=O) groups is 2. The van der Waals surface area contributed by atoms with Gasteiger partial charge < -0.3 is 10.2 Å². The summed E-state index contributed by atoms with van der Waals surface area (Å²) in [5.41, 5.74) is 4.61. The molecule has 38 heavy (non-hydrogen) atoms. The molecule has 0 aliphatic heterocycles. The van der Waals surface area contributed by atoms with Gasteiger partial charge in [0.1, 0.15) is 6.04 Å². The first-order valence-electron chi connectivity index (χ1n) is 13.7. The monoisotopic (exact) mass is 541 g/mol. The first-order valence-corrected chi connectivity index (χ1v) is 15.6. The van der Waals surface area contributed by atoms with Gasteiger partial charge in [0.15, 0.2) is 0 Å². The van der Waals surface area contributed by atoms with Gasteiger partial charge in [-0.1, -0.05) is 61.7 Å². The van der Waals surface area contributed by atoms with Crippen LogP contribution in [0.25, 0.3) is 0 Å². The molecule has 1 atom stereocenters. The highest BCUT2D eigenvalue weighted by Crippen LogP contribution is 2.26. The maximum Gasteiger partial charge on any atom is 0.243 e. The Labute approximate surface area is 228 Å². The molecule has 7 nitrogen and oxygen atoms in total. The van der Waals surface area contributed by atoms with Crippen molar-refractivity contribution in [1.82, 2.24) is 10.2 Å². The van der Waals surface area contributed by atoms with E-state index in [1.54, 1.807) is 11.0 Å². The Balaban J connectivity index is 1.78. The van der Waals surface area contributed by atoms with Gasteiger partial charge >= 0.3 is 0 Å². The molecule has 0 bridgehead atoms. The number of amides is 2. The zero-order valence-corrected chi connectivity index (χ0v) is 24.3. The summed E-state index contributed by atoms with van der Waals surface area (Å²) in [4.78, 5) is 28.6. The Kier molecular flexibility index (Phi) is 10.4. The van der Waals surface area contributed by atoms with E-state index in [9.17, 15) is 18.0 Å². The Morgan fingerprint density at radius 2 is 1.74 bits per heavy atom. The van der Waals surface area contributed by atoms with Crippen LogP contribution in [0.2, 0.25) is 0 Å². The minimum atomic E-state index is -3.53. The van der Waals surface area contributed by atoms with E-state index in [1.165, 1.54) is 10.6 Å². The van der Waals surface area contributed by atoms with Gasteiger partial charge in [-0.2, -0.15) is 0 Å². The highest BCUT2D eigenvalue weighted by molar-refractivity contribution is 7.92. The summed E-state index contributed by atoms with van der Waals surface area (Å²) in [5.74, 6) is -0.247. The van der Waals surface area contributed by atoms with Gasteiger partial charge in [0.05, 0.1) is 11.9 Å². The normalized spacial score (nSPS) is 14.8. The molecule has 1 aliphatic rings. The van der Waals surface area contributed by atoms with Crippen molar-refractivity contribution >= 4 is 27.5 Å². The van der Waals surface area contributed by atoms with Crippen LogP contribution in [0.1, 0.15) is 74.1 Å². The van der Waals surface area contributed by atoms with Crippen LogP contribution in [0.4, 0.5) is 5.69 Å². The zero-order valence-electron chi connectivity index (χ0n) is 23.5. The molecule has 208 valence electrons. The van der Waals surface area contributed by atoms with Crippen molar-refractivity contribution in [1.29, 1.82) is 0 Å². The third-order valence-electron chi connectivity index (χ3n) is 7.52. The Morgan fingerprint density at radius 3 is 2.37 bits per heavy atom. The highest BCUT2D eigenvalue weighted by Gasteiger charge is 2.31. The predicted molar refractivity (Wildman–Crippen MR) is 154 cm³/mol. The molecule has 0 spiro atoms. The summed E-state index contributed by atoms with van der Waals surface area (Å²) in [6.45, 7) is 8.33. The molecule has 2 aromatic carbocycles. The lowest BCUT2D eigenvalue weighted by Crippen LogP contribution is -2.51. The van der Waals surface area contributed by atoms with Gasteiger partial charge in [-0.3, -0.25) is 13.9 Å². The van der Waals surface area contributed by atoms with E-state index >= 15 is 0 Å². The lowest BCUT2D eigenvalue weighted by Gasteiger charge is -2.32. The molecule has 2 aromatic rings. The molecule has 0 radical (unpaired) electrons. The molecule has 2 amide bonds. The van der Waals surface area contributed by atoms with Crippen LogP contribution in [0, 0.1) is 20.8 Å². The minimum absolute atomic E-state index is 0.103. The van der Waals surface area contributed by atoms with Crippen molar-refractivity contribution in [2.24, 2.45) is 0 Å². The number of benzene rings is 2. The maximum atomic E-state index is 13.6. The summed E-state index contributed by atoms with van der Waals surface area (Å²) in [5, 5.41) is 3.17. The smallest absolute Gasteiger partial charge is 0.243 e. The maximum absolute atomic E-state index is 13.6. The third kappa shape index (κ3) is 7.82. The van der Waals surface area contributed by atoms with Crippen molar-refractivity contribution in [3.05, 3.63) is 64.7 Å². The van der Waals surface area contributed by atoms with Gasteiger partial charge in [0, 0.05) is 25.6 Å². The number of anilines is 1. The second-order valence-electron chi connectivity index (χ2n) is 10.6. The summed E-state index contributed by atoms with van der Waals surface area (Å²) >= 11 is 0. The number of hydrogen-bond donors (Lipinski definition) is 1. The fourth-order valence-electron chi connectivity index (χ4n) is 5.28. The van der Waals surface area contributed by atoms with E-state index < -0.39 is 16.1 Å². The fourth-order valence-corrected chi connectivity index (χ4v) is 6.30. The predicted octanol–water partition coefficient (Wildman–Crippen LogP) is 5.02. The number of sulfonamides is 1. The molecular weight excluding hydrogens is 498 g/mol. The minimum Gasteiger partial charge on any atom is -0.352 e. The topological polar surface area (TPSA) is 86.8 Å². The molecule has 3 rings (SSSR count). The summed E-state index contributed by atoms with van der Waals surface area (Å²) in [7, 11) is -3.53. The lowest BCUT2D eigenvalue weighted by atomic mass is 10.1. The van der Waals surface area contributed by atoms with Crippen LogP contribution in [-0.2, 0) is 26.2 Å². The van der Waals surface area contributed by atoms with Gasteiger partial charge in [0.25, 0.3) is 0 Å². The molecule has 0 heterocycles. The molecule has 8 heteroatoms. The van der Waals surface area contributed by atoms with Crippen molar-refractivity contribution in [3.8, 4) is 0 Å². The quantitative estimate of drug-likeness (QED) is 0.409. The molecule has 1 saturated carbocycles. The Bertz CT molecular complexity index is 1220. The highest BCUT2D eigenvalue weighted by atomic mass is 32.2. The third-order valence-corrected chi connectivity index (χ3v) is 8.70. The van der Waals surface area contributed by atoms with Gasteiger partial charge in [-0.25, -0.2) is 8.42 Å². The molecule has 0 saturated heterocycles. The number of nitrogens with one attached hydrogen (secondary N) is 1. The molecule has 1 aliphatic carbocycles. The van der Waals surface area contributed by atoms with Crippen LogP contribution in [0.5, 0.6) is 0 Å². The number of rotatable bonds is 12. The first-order chi connectivity index (χ1) is 18.0. The number of nitrogens with zero attached hydrogens (tertiary/aromatic N) is 2. The largest absolute Gasteiger partial charge is 0.352 e. The SMILES string of the molecule is CC[C@@H](C(=O)NC1CCCC1)N(Cc1cccc(C)c1)C(=O)CCCN(c1cccc(C)c1C)S(C)(=O)=O. The summed E-state index contributed by atoms with van der Waals surface area (Å²) < 4.78 is 26.7. The van der Waals surface area contributed by atoms with E-state index in [2.05, 4.69) is 5.32 Å². The van der Waals surface area contributed by atoms with Crippen LogP contribution < -0.4 is 9.62 Å². The molecule has 1 fully saturated rings. The van der Waals surface area contributed by atoms with Crippen molar-refractivity contribution < 1.29 is 18.0 Å². The average molecular weight is 542 g/mol. The van der Waals surface area contributed by atoms with E-state index in [1.807, 2.05) is 64.1 Å². The van der Waals surface area contributed by atoms with Gasteiger partial charge in [-0.15, -0.1) is 0 Å². The number of aryl methyl sites for hydroxylation is 2. The first kappa shape index (κ1) is 29.7. The van der Waals surface area contributed by atoms with Crippen molar-refractivity contribution in [2.75, 3.05) is 17.1 Å². The molecule has 0 aromatic heterocycles. The van der Waals surface area contributed by atoms with Crippen molar-refractivity contribution in [3.63, 3.8) is 0 Å². The van der Waals surface area contributed by atoms with Crippen molar-refractivity contribution in [2.45, 2.75) is 91.3 Å². The lowest BCUT2D eigenvalue weighted by molar-refractivity contribution is -0.141. The standard InChI is InChI=1S/C30H43N3O4S/c1-6-27(30(35)31-26-15-7-8-16-26)32(21-25-14-9-12-22(2)20-25)29(34)18-11-19-33(38(5,36)37)28-17-10-13-23(3)24(28)4/h9-10,12-14,17,20,26-27H,6-8,11,15-16,18-19,21H2,1-5H3,(H,31,35)/t27-/m0/s1. The second-order valence-corrected chi connectivity index (χ2v) is 12.5. The van der Waals surface area contributed by atoms with Gasteiger partial charge in [-0.05, 0) is 69.2 Å². The van der Waals surface area contributed by atoms with Crippen LogP contribution in [-0.4, -0.2) is 50.0 Å². The summed E-state index contributed by atoms with van der Waals surface area (Å²) in [6.07, 6.45) is 6.40. The second kappa shape index (κ2) is 13.3. The molecular formula is C30H43N3O4S. The average Bonchev–Trinajstić information content (AvgIpc) is 3.36. The van der Waals surface area contributed by atoms with E-state index in [0.717, 1.165) is 47.9 Å². The van der Waals surface area contributed by atoms with Gasteiger partial charge in [0.2, 0.25) is 21.8 Å². The number of hydrogen-bond acceptors (Lipinski definition) is 4. The fraction of sp³-hybridized carbons (Fsp3) is 0.533. The van der Waals surface area contributed by atoms with E-state index in [-0.39, 0.29) is 30.8 Å². The molecule has 0 unspecified atom stereocenters. The molecule has 1 N–H and O–H groups in total. The Morgan fingerprint density at radius 1 is 1.05 bits per heavy atom. The Hall–Kier alpha value is -2.87. The van der Waals surface area contributed by atoms with Crippen LogP contribution >= 0.6 is 0 Å². The summed E-state index contributed by atoms with van der Waals surface area (Å²) in [6, 6.07) is 13.2.